The Kier molecular flexibility index (Phi) is 5.17. The van der Waals surface area contributed by atoms with Gasteiger partial charge in [-0.15, -0.1) is 0 Å². The average Bonchev–Trinajstić information content (AvgIpc) is 3.29. The SMILES string of the molecule is CC(C)c1cc(C(=O)N2CC[C@H]3[C@@H]2CCN3C(=O)Cc2cccnc2)nc(N)n1. The van der Waals surface area contributed by atoms with E-state index in [9.17, 15) is 9.59 Å². The lowest BCUT2D eigenvalue weighted by Crippen LogP contribution is -2.42. The van der Waals surface area contributed by atoms with Crippen molar-refractivity contribution in [2.45, 2.75) is 51.1 Å². The van der Waals surface area contributed by atoms with Crippen LogP contribution in [-0.2, 0) is 11.2 Å². The van der Waals surface area contributed by atoms with Crippen molar-refractivity contribution in [1.82, 2.24) is 24.8 Å². The first-order chi connectivity index (χ1) is 13.9. The van der Waals surface area contributed by atoms with Gasteiger partial charge in [0.05, 0.1) is 18.5 Å². The summed E-state index contributed by atoms with van der Waals surface area (Å²) in [5.74, 6) is 0.239. The van der Waals surface area contributed by atoms with Gasteiger partial charge < -0.3 is 15.5 Å². The smallest absolute Gasteiger partial charge is 0.272 e. The minimum Gasteiger partial charge on any atom is -0.368 e. The summed E-state index contributed by atoms with van der Waals surface area (Å²) in [5, 5.41) is 0. The number of nitrogens with two attached hydrogens (primary N) is 1. The highest BCUT2D eigenvalue weighted by Gasteiger charge is 2.46. The fourth-order valence-electron chi connectivity index (χ4n) is 4.36. The fourth-order valence-corrected chi connectivity index (χ4v) is 4.36. The predicted octanol–water partition coefficient (Wildman–Crippen LogP) is 1.64. The molecule has 2 N–H and O–H groups in total. The van der Waals surface area contributed by atoms with Crippen molar-refractivity contribution in [1.29, 1.82) is 0 Å². The van der Waals surface area contributed by atoms with Crippen molar-refractivity contribution >= 4 is 17.8 Å². The van der Waals surface area contributed by atoms with Gasteiger partial charge >= 0.3 is 0 Å². The molecule has 4 heterocycles. The molecule has 2 atom stereocenters. The Bertz CT molecular complexity index is 917. The van der Waals surface area contributed by atoms with Crippen LogP contribution in [0.4, 0.5) is 5.95 Å². The van der Waals surface area contributed by atoms with Gasteiger partial charge in [0.2, 0.25) is 11.9 Å². The summed E-state index contributed by atoms with van der Waals surface area (Å²) in [5.41, 5.74) is 7.83. The number of carbonyl (C=O) groups is 2. The average molecular weight is 394 g/mol. The Balaban J connectivity index is 1.48. The Labute approximate surface area is 170 Å². The number of hydrogen-bond acceptors (Lipinski definition) is 6. The number of hydrogen-bond donors (Lipinski definition) is 1. The van der Waals surface area contributed by atoms with Gasteiger partial charge in [-0.3, -0.25) is 14.6 Å². The number of likely N-dealkylation sites (tertiary alicyclic amines) is 2. The second-order valence-electron chi connectivity index (χ2n) is 8.03. The molecule has 2 saturated heterocycles. The van der Waals surface area contributed by atoms with E-state index in [4.69, 9.17) is 5.73 Å². The molecule has 4 rings (SSSR count). The molecule has 2 aliphatic heterocycles. The van der Waals surface area contributed by atoms with Crippen LogP contribution < -0.4 is 5.73 Å². The van der Waals surface area contributed by atoms with E-state index < -0.39 is 0 Å². The molecule has 0 radical (unpaired) electrons. The third kappa shape index (κ3) is 3.79. The molecule has 0 spiro atoms. The lowest BCUT2D eigenvalue weighted by atomic mass is 10.1. The zero-order chi connectivity index (χ0) is 20.5. The van der Waals surface area contributed by atoms with Crippen LogP contribution in [0.25, 0.3) is 0 Å². The normalized spacial score (nSPS) is 20.9. The maximum Gasteiger partial charge on any atom is 0.272 e. The Morgan fingerprint density at radius 3 is 2.59 bits per heavy atom. The summed E-state index contributed by atoms with van der Waals surface area (Å²) in [4.78, 5) is 42.2. The number of carbonyl (C=O) groups excluding carboxylic acids is 2. The monoisotopic (exact) mass is 394 g/mol. The van der Waals surface area contributed by atoms with Gasteiger partial charge in [0.15, 0.2) is 0 Å². The summed E-state index contributed by atoms with van der Waals surface area (Å²) in [6, 6.07) is 5.57. The Hall–Kier alpha value is -3.03. The molecule has 2 aromatic rings. The molecule has 2 aromatic heterocycles. The summed E-state index contributed by atoms with van der Waals surface area (Å²) in [6.45, 7) is 5.29. The number of aromatic nitrogens is 3. The van der Waals surface area contributed by atoms with Crippen LogP contribution in [0.15, 0.2) is 30.6 Å². The van der Waals surface area contributed by atoms with Crippen LogP contribution in [0.2, 0.25) is 0 Å². The van der Waals surface area contributed by atoms with E-state index in [1.54, 1.807) is 18.5 Å². The van der Waals surface area contributed by atoms with E-state index in [0.717, 1.165) is 24.1 Å². The van der Waals surface area contributed by atoms with Crippen molar-refractivity contribution in [3.63, 3.8) is 0 Å². The molecule has 8 nitrogen and oxygen atoms in total. The quantitative estimate of drug-likeness (QED) is 0.845. The topological polar surface area (TPSA) is 105 Å². The number of amides is 2. The van der Waals surface area contributed by atoms with E-state index in [1.807, 2.05) is 35.8 Å². The van der Waals surface area contributed by atoms with E-state index in [0.29, 0.717) is 25.2 Å². The Morgan fingerprint density at radius 2 is 1.90 bits per heavy atom. The number of nitrogens with zero attached hydrogens (tertiary/aromatic N) is 5. The number of fused-ring (bicyclic) bond motifs is 1. The van der Waals surface area contributed by atoms with Gasteiger partial charge in [-0.2, -0.15) is 0 Å². The maximum absolute atomic E-state index is 13.2. The number of anilines is 1. The lowest BCUT2D eigenvalue weighted by Gasteiger charge is -2.25. The zero-order valence-corrected chi connectivity index (χ0v) is 16.8. The van der Waals surface area contributed by atoms with Gasteiger partial charge in [-0.05, 0) is 36.5 Å². The van der Waals surface area contributed by atoms with E-state index in [1.165, 1.54) is 0 Å². The standard InChI is InChI=1S/C21H26N6O2/c1-13(2)15-11-16(25-21(22)24-15)20(29)27-9-6-17-18(27)5-8-26(17)19(28)10-14-4-3-7-23-12-14/h3-4,7,11-13,17-18H,5-6,8-10H2,1-2H3,(H2,22,24,25)/t17-,18-/m0/s1. The lowest BCUT2D eigenvalue weighted by molar-refractivity contribution is -0.131. The van der Waals surface area contributed by atoms with Gasteiger partial charge in [0, 0.05) is 31.2 Å². The molecule has 29 heavy (non-hydrogen) atoms. The van der Waals surface area contributed by atoms with Crippen molar-refractivity contribution in [2.24, 2.45) is 0 Å². The van der Waals surface area contributed by atoms with E-state index in [-0.39, 0.29) is 35.8 Å². The zero-order valence-electron chi connectivity index (χ0n) is 16.8. The van der Waals surface area contributed by atoms with Crippen LogP contribution >= 0.6 is 0 Å². The summed E-state index contributed by atoms with van der Waals surface area (Å²) in [6.07, 6.45) is 5.33. The highest BCUT2D eigenvalue weighted by atomic mass is 16.2. The molecule has 2 aliphatic rings. The predicted molar refractivity (Wildman–Crippen MR) is 108 cm³/mol. The van der Waals surface area contributed by atoms with Gasteiger partial charge in [0.25, 0.3) is 5.91 Å². The van der Waals surface area contributed by atoms with Crippen molar-refractivity contribution in [3.8, 4) is 0 Å². The van der Waals surface area contributed by atoms with Gasteiger partial charge in [-0.1, -0.05) is 19.9 Å². The van der Waals surface area contributed by atoms with Gasteiger partial charge in [0.1, 0.15) is 5.69 Å². The van der Waals surface area contributed by atoms with E-state index in [2.05, 4.69) is 15.0 Å². The molecule has 152 valence electrons. The number of pyridine rings is 1. The third-order valence-electron chi connectivity index (χ3n) is 5.81. The van der Waals surface area contributed by atoms with Crippen LogP contribution in [-0.4, -0.2) is 61.7 Å². The number of rotatable bonds is 4. The molecule has 8 heteroatoms. The maximum atomic E-state index is 13.2. The van der Waals surface area contributed by atoms with Crippen LogP contribution in [0.5, 0.6) is 0 Å². The van der Waals surface area contributed by atoms with Crippen molar-refractivity contribution in [2.75, 3.05) is 18.8 Å². The number of nitrogen functional groups attached to an aromatic ring is 1. The second-order valence-corrected chi connectivity index (χ2v) is 8.03. The second kappa shape index (κ2) is 7.77. The van der Waals surface area contributed by atoms with Crippen molar-refractivity contribution in [3.05, 3.63) is 47.5 Å². The van der Waals surface area contributed by atoms with Crippen LogP contribution in [0, 0.1) is 0 Å². The first kappa shape index (κ1) is 19.3. The highest BCUT2D eigenvalue weighted by molar-refractivity contribution is 5.93. The fraction of sp³-hybridized carbons (Fsp3) is 0.476. The van der Waals surface area contributed by atoms with Gasteiger partial charge in [-0.25, -0.2) is 9.97 Å². The summed E-state index contributed by atoms with van der Waals surface area (Å²) >= 11 is 0. The molecular weight excluding hydrogens is 368 g/mol. The molecule has 0 unspecified atom stereocenters. The molecule has 0 aromatic carbocycles. The minimum atomic E-state index is -0.130. The van der Waals surface area contributed by atoms with E-state index >= 15 is 0 Å². The molecule has 2 fully saturated rings. The molecular formula is C21H26N6O2. The molecule has 0 aliphatic carbocycles. The first-order valence-electron chi connectivity index (χ1n) is 10.1. The van der Waals surface area contributed by atoms with Crippen molar-refractivity contribution < 1.29 is 9.59 Å². The molecule has 0 saturated carbocycles. The molecule has 0 bridgehead atoms. The van der Waals surface area contributed by atoms with Crippen LogP contribution in [0.3, 0.4) is 0 Å². The first-order valence-corrected chi connectivity index (χ1v) is 10.1. The Morgan fingerprint density at radius 1 is 1.17 bits per heavy atom. The third-order valence-corrected chi connectivity index (χ3v) is 5.81. The summed E-state index contributed by atoms with van der Waals surface area (Å²) < 4.78 is 0. The molecule has 2 amide bonds. The summed E-state index contributed by atoms with van der Waals surface area (Å²) in [7, 11) is 0. The highest BCUT2D eigenvalue weighted by Crippen LogP contribution is 2.33. The minimum absolute atomic E-state index is 0.0269. The van der Waals surface area contributed by atoms with Crippen LogP contribution in [0.1, 0.15) is 54.4 Å². The largest absolute Gasteiger partial charge is 0.368 e.